The molecule has 0 aromatic heterocycles. The SMILES string of the molecule is COC(=O)C(C)CN(CCN(C)C)C(=O)c1cccc(NC(C)=O)c1. The van der Waals surface area contributed by atoms with E-state index in [-0.39, 0.29) is 24.3 Å². The molecule has 0 heterocycles. The lowest BCUT2D eigenvalue weighted by Gasteiger charge is -2.26. The van der Waals surface area contributed by atoms with Crippen LogP contribution >= 0.6 is 0 Å². The van der Waals surface area contributed by atoms with Crippen molar-refractivity contribution in [1.29, 1.82) is 0 Å². The second kappa shape index (κ2) is 9.78. The Balaban J connectivity index is 2.97. The number of carbonyl (C=O) groups is 3. The molecule has 1 N–H and O–H groups in total. The molecule has 0 bridgehead atoms. The van der Waals surface area contributed by atoms with Gasteiger partial charge >= 0.3 is 5.97 Å². The summed E-state index contributed by atoms with van der Waals surface area (Å²) in [7, 11) is 5.18. The molecule has 1 rings (SSSR count). The summed E-state index contributed by atoms with van der Waals surface area (Å²) < 4.78 is 4.75. The van der Waals surface area contributed by atoms with Gasteiger partial charge in [0.1, 0.15) is 0 Å². The van der Waals surface area contributed by atoms with Gasteiger partial charge in [-0.2, -0.15) is 0 Å². The summed E-state index contributed by atoms with van der Waals surface area (Å²) in [5.41, 5.74) is 1.02. The van der Waals surface area contributed by atoms with E-state index in [1.165, 1.54) is 14.0 Å². The van der Waals surface area contributed by atoms with Gasteiger partial charge in [0.05, 0.1) is 13.0 Å². The summed E-state index contributed by atoms with van der Waals surface area (Å²) in [6, 6.07) is 6.76. The maximum atomic E-state index is 12.9. The smallest absolute Gasteiger partial charge is 0.310 e. The topological polar surface area (TPSA) is 79.0 Å². The van der Waals surface area contributed by atoms with Crippen molar-refractivity contribution in [2.75, 3.05) is 46.2 Å². The fourth-order valence-electron chi connectivity index (χ4n) is 2.32. The molecule has 7 nitrogen and oxygen atoms in total. The number of likely N-dealkylation sites (N-methyl/N-ethyl adjacent to an activating group) is 1. The molecule has 0 aliphatic rings. The van der Waals surface area contributed by atoms with Gasteiger partial charge in [-0.3, -0.25) is 14.4 Å². The maximum Gasteiger partial charge on any atom is 0.310 e. The molecule has 0 saturated carbocycles. The fourth-order valence-corrected chi connectivity index (χ4v) is 2.32. The van der Waals surface area contributed by atoms with Gasteiger partial charge in [-0.1, -0.05) is 13.0 Å². The zero-order valence-electron chi connectivity index (χ0n) is 15.5. The van der Waals surface area contributed by atoms with Crippen molar-refractivity contribution in [2.45, 2.75) is 13.8 Å². The number of ether oxygens (including phenoxy) is 1. The standard InChI is InChI=1S/C18H27N3O4/c1-13(18(24)25-5)12-21(10-9-20(3)4)17(23)15-7-6-8-16(11-15)19-14(2)22/h6-8,11,13H,9-10,12H2,1-5H3,(H,19,22). The van der Waals surface area contributed by atoms with Crippen LogP contribution < -0.4 is 5.32 Å². The Morgan fingerprint density at radius 1 is 1.20 bits per heavy atom. The number of hydrogen-bond donors (Lipinski definition) is 1. The van der Waals surface area contributed by atoms with Crippen LogP contribution in [0.15, 0.2) is 24.3 Å². The number of rotatable bonds is 8. The summed E-state index contributed by atoms with van der Waals surface area (Å²) >= 11 is 0. The van der Waals surface area contributed by atoms with E-state index in [4.69, 9.17) is 4.74 Å². The third kappa shape index (κ3) is 6.93. The lowest BCUT2D eigenvalue weighted by Crippen LogP contribution is -2.41. The second-order valence-electron chi connectivity index (χ2n) is 6.24. The third-order valence-electron chi connectivity index (χ3n) is 3.63. The van der Waals surface area contributed by atoms with E-state index in [0.29, 0.717) is 24.3 Å². The van der Waals surface area contributed by atoms with E-state index in [1.807, 2.05) is 19.0 Å². The van der Waals surface area contributed by atoms with Gasteiger partial charge in [-0.15, -0.1) is 0 Å². The zero-order chi connectivity index (χ0) is 19.0. The summed E-state index contributed by atoms with van der Waals surface area (Å²) in [6.45, 7) is 4.57. The fraction of sp³-hybridized carbons (Fsp3) is 0.500. The van der Waals surface area contributed by atoms with Crippen LogP contribution in [-0.4, -0.2) is 68.4 Å². The molecule has 7 heteroatoms. The van der Waals surface area contributed by atoms with Crippen LogP contribution in [0.2, 0.25) is 0 Å². The van der Waals surface area contributed by atoms with Crippen molar-refractivity contribution in [1.82, 2.24) is 9.80 Å². The highest BCUT2D eigenvalue weighted by atomic mass is 16.5. The first kappa shape index (κ1) is 20.6. The van der Waals surface area contributed by atoms with Gasteiger partial charge in [0.2, 0.25) is 5.91 Å². The lowest BCUT2D eigenvalue weighted by atomic mass is 10.1. The van der Waals surface area contributed by atoms with Crippen molar-refractivity contribution in [3.05, 3.63) is 29.8 Å². The molecule has 1 unspecified atom stereocenters. The molecular formula is C18H27N3O4. The number of hydrogen-bond acceptors (Lipinski definition) is 5. The first-order chi connectivity index (χ1) is 11.7. The number of nitrogens with one attached hydrogen (secondary N) is 1. The summed E-state index contributed by atoms with van der Waals surface area (Å²) in [5, 5.41) is 2.67. The normalized spacial score (nSPS) is 11.8. The molecule has 1 aromatic carbocycles. The van der Waals surface area contributed by atoms with E-state index in [9.17, 15) is 14.4 Å². The number of esters is 1. The monoisotopic (exact) mass is 349 g/mol. The van der Waals surface area contributed by atoms with E-state index < -0.39 is 5.92 Å². The first-order valence-electron chi connectivity index (χ1n) is 8.14. The minimum atomic E-state index is -0.422. The molecule has 0 spiro atoms. The molecule has 0 fully saturated rings. The van der Waals surface area contributed by atoms with Crippen molar-refractivity contribution in [2.24, 2.45) is 5.92 Å². The van der Waals surface area contributed by atoms with Crippen molar-refractivity contribution >= 4 is 23.5 Å². The number of benzene rings is 1. The summed E-state index contributed by atoms with van der Waals surface area (Å²) in [4.78, 5) is 39.4. The minimum Gasteiger partial charge on any atom is -0.469 e. The average molecular weight is 349 g/mol. The Hall–Kier alpha value is -2.41. The number of amides is 2. The van der Waals surface area contributed by atoms with Crippen molar-refractivity contribution < 1.29 is 19.1 Å². The number of methoxy groups -OCH3 is 1. The largest absolute Gasteiger partial charge is 0.469 e. The molecule has 138 valence electrons. The Morgan fingerprint density at radius 2 is 1.88 bits per heavy atom. The molecule has 1 atom stereocenters. The van der Waals surface area contributed by atoms with Crippen LogP contribution in [0, 0.1) is 5.92 Å². The van der Waals surface area contributed by atoms with Gasteiger partial charge in [0.15, 0.2) is 0 Å². The van der Waals surface area contributed by atoms with Gasteiger partial charge in [0.25, 0.3) is 5.91 Å². The molecule has 25 heavy (non-hydrogen) atoms. The van der Waals surface area contributed by atoms with Gasteiger partial charge in [-0.25, -0.2) is 0 Å². The summed E-state index contributed by atoms with van der Waals surface area (Å²) in [5.74, 6) is -1.16. The lowest BCUT2D eigenvalue weighted by molar-refractivity contribution is -0.145. The predicted octanol–water partition coefficient (Wildman–Crippen LogP) is 1.46. The van der Waals surface area contributed by atoms with Crippen molar-refractivity contribution in [3.8, 4) is 0 Å². The van der Waals surface area contributed by atoms with E-state index in [1.54, 1.807) is 36.1 Å². The van der Waals surface area contributed by atoms with Crippen LogP contribution in [0.4, 0.5) is 5.69 Å². The molecular weight excluding hydrogens is 322 g/mol. The van der Waals surface area contributed by atoms with E-state index >= 15 is 0 Å². The number of nitrogens with zero attached hydrogens (tertiary/aromatic N) is 2. The van der Waals surface area contributed by atoms with E-state index in [2.05, 4.69) is 5.32 Å². The highest BCUT2D eigenvalue weighted by Crippen LogP contribution is 2.14. The molecule has 0 saturated heterocycles. The van der Waals surface area contributed by atoms with Crippen LogP contribution in [0.1, 0.15) is 24.2 Å². The van der Waals surface area contributed by atoms with Crippen LogP contribution in [0.25, 0.3) is 0 Å². The predicted molar refractivity (Wildman–Crippen MR) is 96.4 cm³/mol. The van der Waals surface area contributed by atoms with Crippen LogP contribution in [0.3, 0.4) is 0 Å². The highest BCUT2D eigenvalue weighted by Gasteiger charge is 2.22. The molecule has 1 aromatic rings. The highest BCUT2D eigenvalue weighted by molar-refractivity contribution is 5.97. The van der Waals surface area contributed by atoms with Gasteiger partial charge < -0.3 is 19.9 Å². The van der Waals surface area contributed by atoms with Crippen LogP contribution in [-0.2, 0) is 14.3 Å². The Labute approximate surface area is 148 Å². The van der Waals surface area contributed by atoms with Gasteiger partial charge in [0, 0.05) is 37.8 Å². The molecule has 0 aliphatic carbocycles. The zero-order valence-corrected chi connectivity index (χ0v) is 15.5. The van der Waals surface area contributed by atoms with Crippen LogP contribution in [0.5, 0.6) is 0 Å². The molecule has 0 radical (unpaired) electrons. The maximum absolute atomic E-state index is 12.9. The third-order valence-corrected chi connectivity index (χ3v) is 3.63. The second-order valence-corrected chi connectivity index (χ2v) is 6.24. The Bertz CT molecular complexity index is 616. The molecule has 0 aliphatic heterocycles. The average Bonchev–Trinajstić information content (AvgIpc) is 2.56. The summed E-state index contributed by atoms with van der Waals surface area (Å²) in [6.07, 6.45) is 0. The number of carbonyl (C=O) groups excluding carboxylic acids is 3. The first-order valence-corrected chi connectivity index (χ1v) is 8.14. The Morgan fingerprint density at radius 3 is 2.44 bits per heavy atom. The Kier molecular flexibility index (Phi) is 8.07. The minimum absolute atomic E-state index is 0.190. The quantitative estimate of drug-likeness (QED) is 0.719. The molecule has 2 amide bonds. The van der Waals surface area contributed by atoms with E-state index in [0.717, 1.165) is 0 Å². The van der Waals surface area contributed by atoms with Gasteiger partial charge in [-0.05, 0) is 32.3 Å². The van der Waals surface area contributed by atoms with Crippen molar-refractivity contribution in [3.63, 3.8) is 0 Å². The number of anilines is 1.